The number of nitrogens with one attached hydrogen (secondary N) is 1. The molecule has 0 aromatic heterocycles. The van der Waals surface area contributed by atoms with E-state index in [1.807, 2.05) is 6.92 Å². The predicted octanol–water partition coefficient (Wildman–Crippen LogP) is 2.58. The number of ether oxygens (including phenoxy) is 1. The summed E-state index contributed by atoms with van der Waals surface area (Å²) in [4.78, 5) is 0. The zero-order chi connectivity index (χ0) is 9.80. The number of hydrogen-bond acceptors (Lipinski definition) is 2. The Morgan fingerprint density at radius 1 is 1.33 bits per heavy atom. The molecule has 1 N–H and O–H groups in total. The molecule has 0 spiro atoms. The van der Waals surface area contributed by atoms with Crippen molar-refractivity contribution in [3.8, 4) is 5.75 Å². The molecule has 0 radical (unpaired) electrons. The van der Waals surface area contributed by atoms with Crippen molar-refractivity contribution >= 4 is 12.4 Å². The first-order valence-electron chi connectivity index (χ1n) is 5.33. The van der Waals surface area contributed by atoms with Crippen molar-refractivity contribution < 1.29 is 4.74 Å². The van der Waals surface area contributed by atoms with Crippen LogP contribution in [-0.4, -0.2) is 19.7 Å². The molecule has 15 heavy (non-hydrogen) atoms. The van der Waals surface area contributed by atoms with Crippen LogP contribution in [-0.2, 0) is 0 Å². The summed E-state index contributed by atoms with van der Waals surface area (Å²) in [6.45, 7) is 5.02. The van der Waals surface area contributed by atoms with Crippen LogP contribution in [0, 0.1) is 0 Å². The van der Waals surface area contributed by atoms with Crippen LogP contribution in [0.5, 0.6) is 5.75 Å². The maximum Gasteiger partial charge on any atom is 0.119 e. The van der Waals surface area contributed by atoms with Gasteiger partial charge in [0, 0.05) is 6.54 Å². The van der Waals surface area contributed by atoms with E-state index in [1.54, 1.807) is 0 Å². The second-order valence-electron chi connectivity index (χ2n) is 3.69. The molecule has 1 atom stereocenters. The fourth-order valence-electron chi connectivity index (χ4n) is 1.94. The molecule has 3 heteroatoms. The molecule has 1 aliphatic heterocycles. The zero-order valence-corrected chi connectivity index (χ0v) is 9.85. The van der Waals surface area contributed by atoms with Crippen molar-refractivity contribution in [2.24, 2.45) is 0 Å². The number of benzene rings is 1. The zero-order valence-electron chi connectivity index (χ0n) is 9.03. The minimum absolute atomic E-state index is 0. The second kappa shape index (κ2) is 5.99. The van der Waals surface area contributed by atoms with Crippen molar-refractivity contribution in [2.45, 2.75) is 19.3 Å². The molecule has 84 valence electrons. The van der Waals surface area contributed by atoms with Gasteiger partial charge in [-0.25, -0.2) is 0 Å². The van der Waals surface area contributed by atoms with Crippen LogP contribution in [0.3, 0.4) is 0 Å². The topological polar surface area (TPSA) is 21.3 Å². The van der Waals surface area contributed by atoms with Gasteiger partial charge in [-0.2, -0.15) is 0 Å². The van der Waals surface area contributed by atoms with Crippen LogP contribution in [0.2, 0.25) is 0 Å². The van der Waals surface area contributed by atoms with Gasteiger partial charge in [0.25, 0.3) is 0 Å². The molecule has 0 saturated carbocycles. The van der Waals surface area contributed by atoms with E-state index >= 15 is 0 Å². The molecule has 1 saturated heterocycles. The van der Waals surface area contributed by atoms with E-state index in [0.717, 1.165) is 25.4 Å². The van der Waals surface area contributed by atoms with Crippen LogP contribution in [0.25, 0.3) is 0 Å². The molecule has 1 aromatic rings. The highest BCUT2D eigenvalue weighted by Gasteiger charge is 2.15. The van der Waals surface area contributed by atoms with E-state index in [2.05, 4.69) is 29.6 Å². The molecule has 0 bridgehead atoms. The average Bonchev–Trinajstić information content (AvgIpc) is 2.72. The monoisotopic (exact) mass is 227 g/mol. The van der Waals surface area contributed by atoms with Crippen molar-refractivity contribution in [3.05, 3.63) is 29.8 Å². The largest absolute Gasteiger partial charge is 0.494 e. The Morgan fingerprint density at radius 2 is 2.07 bits per heavy atom. The van der Waals surface area contributed by atoms with Gasteiger partial charge in [0.15, 0.2) is 0 Å². The van der Waals surface area contributed by atoms with Crippen LogP contribution in [0.4, 0.5) is 0 Å². The SMILES string of the molecule is CCOc1ccc(C2CCNC2)cc1.Cl. The van der Waals surface area contributed by atoms with Crippen LogP contribution in [0.1, 0.15) is 24.8 Å². The number of hydrogen-bond donors (Lipinski definition) is 1. The Kier molecular flexibility index (Phi) is 4.92. The Morgan fingerprint density at radius 3 is 2.60 bits per heavy atom. The van der Waals surface area contributed by atoms with Crippen molar-refractivity contribution in [1.82, 2.24) is 5.32 Å². The Hall–Kier alpha value is -0.730. The highest BCUT2D eigenvalue weighted by Crippen LogP contribution is 2.24. The standard InChI is InChI=1S/C12H17NO.ClH/c1-2-14-12-5-3-10(4-6-12)11-7-8-13-9-11;/h3-6,11,13H,2,7-9H2,1H3;1H. The summed E-state index contributed by atoms with van der Waals surface area (Å²) < 4.78 is 5.41. The van der Waals surface area contributed by atoms with Gasteiger partial charge in [0.1, 0.15) is 5.75 Å². The van der Waals surface area contributed by atoms with E-state index in [9.17, 15) is 0 Å². The lowest BCUT2D eigenvalue weighted by Gasteiger charge is -2.09. The minimum Gasteiger partial charge on any atom is -0.494 e. The third-order valence-electron chi connectivity index (χ3n) is 2.72. The van der Waals surface area contributed by atoms with Gasteiger partial charge < -0.3 is 10.1 Å². The summed E-state index contributed by atoms with van der Waals surface area (Å²) >= 11 is 0. The number of halogens is 1. The Labute approximate surface area is 97.4 Å². The maximum absolute atomic E-state index is 5.41. The van der Waals surface area contributed by atoms with Gasteiger partial charge in [0.2, 0.25) is 0 Å². The molecule has 0 amide bonds. The smallest absolute Gasteiger partial charge is 0.119 e. The molecule has 1 aromatic carbocycles. The molecule has 1 fully saturated rings. The molecule has 2 rings (SSSR count). The van der Waals surface area contributed by atoms with E-state index in [-0.39, 0.29) is 12.4 Å². The quantitative estimate of drug-likeness (QED) is 0.857. The van der Waals surface area contributed by atoms with Crippen LogP contribution in [0.15, 0.2) is 24.3 Å². The highest BCUT2D eigenvalue weighted by molar-refractivity contribution is 5.85. The van der Waals surface area contributed by atoms with Crippen LogP contribution >= 0.6 is 12.4 Å². The van der Waals surface area contributed by atoms with E-state index < -0.39 is 0 Å². The molecular formula is C12H18ClNO. The first-order chi connectivity index (χ1) is 6.90. The second-order valence-corrected chi connectivity index (χ2v) is 3.69. The highest BCUT2D eigenvalue weighted by atomic mass is 35.5. The van der Waals surface area contributed by atoms with Gasteiger partial charge in [-0.1, -0.05) is 12.1 Å². The fraction of sp³-hybridized carbons (Fsp3) is 0.500. The lowest BCUT2D eigenvalue weighted by atomic mass is 9.99. The van der Waals surface area contributed by atoms with Gasteiger partial charge in [-0.15, -0.1) is 12.4 Å². The minimum atomic E-state index is 0. The molecule has 2 nitrogen and oxygen atoms in total. The summed E-state index contributed by atoms with van der Waals surface area (Å²) in [6, 6.07) is 8.50. The molecule has 0 aliphatic carbocycles. The van der Waals surface area contributed by atoms with Crippen molar-refractivity contribution in [2.75, 3.05) is 19.7 Å². The molecule has 1 unspecified atom stereocenters. The lowest BCUT2D eigenvalue weighted by molar-refractivity contribution is 0.340. The first kappa shape index (κ1) is 12.3. The average molecular weight is 228 g/mol. The Bertz CT molecular complexity index is 280. The first-order valence-corrected chi connectivity index (χ1v) is 5.33. The van der Waals surface area contributed by atoms with E-state index in [1.165, 1.54) is 12.0 Å². The summed E-state index contributed by atoms with van der Waals surface area (Å²) in [7, 11) is 0. The summed E-state index contributed by atoms with van der Waals surface area (Å²) in [5, 5.41) is 3.38. The summed E-state index contributed by atoms with van der Waals surface area (Å²) in [5.74, 6) is 1.67. The van der Waals surface area contributed by atoms with Crippen molar-refractivity contribution in [3.63, 3.8) is 0 Å². The number of rotatable bonds is 3. The molecule has 1 aliphatic rings. The normalized spacial score (nSPS) is 19.7. The van der Waals surface area contributed by atoms with Crippen molar-refractivity contribution in [1.29, 1.82) is 0 Å². The lowest BCUT2D eigenvalue weighted by Crippen LogP contribution is -2.07. The van der Waals surface area contributed by atoms with Gasteiger partial charge in [-0.3, -0.25) is 0 Å². The van der Waals surface area contributed by atoms with Gasteiger partial charge in [0.05, 0.1) is 6.61 Å². The van der Waals surface area contributed by atoms with Gasteiger partial charge >= 0.3 is 0 Å². The Balaban J connectivity index is 0.00000112. The summed E-state index contributed by atoms with van der Waals surface area (Å²) in [5.41, 5.74) is 1.43. The van der Waals surface area contributed by atoms with Crippen LogP contribution < -0.4 is 10.1 Å². The van der Waals surface area contributed by atoms with Gasteiger partial charge in [-0.05, 0) is 43.5 Å². The van der Waals surface area contributed by atoms with E-state index in [4.69, 9.17) is 4.74 Å². The predicted molar refractivity (Wildman–Crippen MR) is 65.1 cm³/mol. The third-order valence-corrected chi connectivity index (χ3v) is 2.72. The maximum atomic E-state index is 5.41. The van der Waals surface area contributed by atoms with E-state index in [0.29, 0.717) is 5.92 Å². The fourth-order valence-corrected chi connectivity index (χ4v) is 1.94. The molecule has 1 heterocycles. The molecular weight excluding hydrogens is 210 g/mol. The third kappa shape index (κ3) is 3.11. The summed E-state index contributed by atoms with van der Waals surface area (Å²) in [6.07, 6.45) is 1.26.